The van der Waals surface area contributed by atoms with Gasteiger partial charge in [-0.25, -0.2) is 4.68 Å². The number of fused-ring (bicyclic) bond motifs is 2. The minimum absolute atomic E-state index is 0.0931. The monoisotopic (exact) mass is 473 g/mol. The van der Waals surface area contributed by atoms with Crippen LogP contribution in [0.4, 0.5) is 0 Å². The summed E-state index contributed by atoms with van der Waals surface area (Å²) in [5, 5.41) is 8.12. The molecule has 35 heavy (non-hydrogen) atoms. The molecule has 1 aromatic heterocycles. The Balaban J connectivity index is 1.29. The van der Waals surface area contributed by atoms with Crippen molar-refractivity contribution < 1.29 is 19.0 Å². The summed E-state index contributed by atoms with van der Waals surface area (Å²) in [4.78, 5) is 13.6. The molecule has 0 unspecified atom stereocenters. The lowest BCUT2D eigenvalue weighted by Crippen LogP contribution is -2.44. The average molecular weight is 474 g/mol. The standard InChI is InChI=1S/C28H31N3O4/c32-27(26-22-9-5-2-6-10-23(22)31(30-26)21-7-3-1-4-8-21)29-18-28(13-15-33-16-14-28)20-11-12-24-25(17-20)35-19-34-24/h1,3-4,7-8,11-12,17H,2,5-6,9-10,13-16,18-19H2,(H,29,32). The summed E-state index contributed by atoms with van der Waals surface area (Å²) in [5.74, 6) is 1.45. The van der Waals surface area contributed by atoms with E-state index in [1.165, 1.54) is 12.1 Å². The summed E-state index contributed by atoms with van der Waals surface area (Å²) in [5.41, 5.74) is 4.79. The summed E-state index contributed by atoms with van der Waals surface area (Å²) in [6.45, 7) is 2.12. The van der Waals surface area contributed by atoms with Crippen molar-refractivity contribution in [2.75, 3.05) is 26.6 Å². The Morgan fingerprint density at radius 3 is 2.63 bits per heavy atom. The number of hydrogen-bond donors (Lipinski definition) is 1. The molecule has 3 aliphatic rings. The Labute approximate surface area is 205 Å². The van der Waals surface area contributed by atoms with Gasteiger partial charge in [0.15, 0.2) is 17.2 Å². The van der Waals surface area contributed by atoms with Crippen LogP contribution < -0.4 is 14.8 Å². The van der Waals surface area contributed by atoms with E-state index >= 15 is 0 Å². The van der Waals surface area contributed by atoms with E-state index in [0.717, 1.165) is 66.8 Å². The highest BCUT2D eigenvalue weighted by molar-refractivity contribution is 5.94. The number of benzene rings is 2. The van der Waals surface area contributed by atoms with E-state index in [4.69, 9.17) is 19.3 Å². The number of nitrogens with zero attached hydrogens (tertiary/aromatic N) is 2. The summed E-state index contributed by atoms with van der Waals surface area (Å²) >= 11 is 0. The zero-order valence-electron chi connectivity index (χ0n) is 19.9. The van der Waals surface area contributed by atoms with Gasteiger partial charge in [-0.05, 0) is 68.4 Å². The molecule has 6 rings (SSSR count). The number of para-hydroxylation sites is 1. The number of rotatable bonds is 5. The molecule has 3 heterocycles. The number of ether oxygens (including phenoxy) is 3. The lowest BCUT2D eigenvalue weighted by atomic mass is 9.74. The maximum absolute atomic E-state index is 13.6. The van der Waals surface area contributed by atoms with Crippen LogP contribution in [0.1, 0.15) is 59.4 Å². The fourth-order valence-electron chi connectivity index (χ4n) is 5.63. The Hall–Kier alpha value is -3.32. The summed E-state index contributed by atoms with van der Waals surface area (Å²) in [6, 6.07) is 16.3. The summed E-state index contributed by atoms with van der Waals surface area (Å²) < 4.78 is 18.8. The average Bonchev–Trinajstić information content (AvgIpc) is 3.45. The van der Waals surface area contributed by atoms with E-state index in [0.29, 0.717) is 25.5 Å². The van der Waals surface area contributed by atoms with Crippen LogP contribution in [-0.4, -0.2) is 42.2 Å². The van der Waals surface area contributed by atoms with Crippen LogP contribution in [-0.2, 0) is 23.0 Å². The second-order valence-corrected chi connectivity index (χ2v) is 9.73. The van der Waals surface area contributed by atoms with Gasteiger partial charge in [0.2, 0.25) is 6.79 Å². The van der Waals surface area contributed by atoms with Gasteiger partial charge in [0, 0.05) is 36.4 Å². The first-order valence-electron chi connectivity index (χ1n) is 12.7. The second kappa shape index (κ2) is 9.38. The maximum Gasteiger partial charge on any atom is 0.272 e. The molecule has 1 amide bonds. The molecule has 7 nitrogen and oxygen atoms in total. The van der Waals surface area contributed by atoms with Gasteiger partial charge >= 0.3 is 0 Å². The number of nitrogens with one attached hydrogen (secondary N) is 1. The third-order valence-electron chi connectivity index (χ3n) is 7.67. The summed E-state index contributed by atoms with van der Waals surface area (Å²) in [6.07, 6.45) is 6.91. The van der Waals surface area contributed by atoms with Crippen LogP contribution in [0.5, 0.6) is 11.5 Å². The lowest BCUT2D eigenvalue weighted by Gasteiger charge is -2.38. The van der Waals surface area contributed by atoms with Crippen molar-refractivity contribution in [2.45, 2.75) is 50.4 Å². The van der Waals surface area contributed by atoms with Gasteiger partial charge in [-0.1, -0.05) is 30.7 Å². The first kappa shape index (κ1) is 22.2. The molecule has 0 radical (unpaired) electrons. The molecule has 2 aliphatic heterocycles. The number of carbonyl (C=O) groups is 1. The number of aromatic nitrogens is 2. The molecule has 182 valence electrons. The molecule has 0 bridgehead atoms. The van der Waals surface area contributed by atoms with Gasteiger partial charge in [0.25, 0.3) is 5.91 Å². The molecule has 0 saturated carbocycles. The molecule has 1 saturated heterocycles. The SMILES string of the molecule is O=C(NCC1(c2ccc3c(c2)OCO3)CCOCC1)c1nn(-c2ccccc2)c2c1CCCCC2. The molecule has 7 heteroatoms. The van der Waals surface area contributed by atoms with E-state index < -0.39 is 0 Å². The van der Waals surface area contributed by atoms with Crippen molar-refractivity contribution in [2.24, 2.45) is 0 Å². The van der Waals surface area contributed by atoms with E-state index in [-0.39, 0.29) is 18.1 Å². The Kier molecular flexibility index (Phi) is 5.94. The third-order valence-corrected chi connectivity index (χ3v) is 7.67. The molecule has 1 N–H and O–H groups in total. The zero-order chi connectivity index (χ0) is 23.7. The minimum Gasteiger partial charge on any atom is -0.454 e. The van der Waals surface area contributed by atoms with Crippen molar-refractivity contribution in [1.82, 2.24) is 15.1 Å². The van der Waals surface area contributed by atoms with E-state index in [1.54, 1.807) is 0 Å². The first-order valence-corrected chi connectivity index (χ1v) is 12.7. The number of hydrogen-bond acceptors (Lipinski definition) is 5. The van der Waals surface area contributed by atoms with Crippen LogP contribution in [0.2, 0.25) is 0 Å². The van der Waals surface area contributed by atoms with Gasteiger partial charge in [-0.3, -0.25) is 4.79 Å². The van der Waals surface area contributed by atoms with Crippen LogP contribution >= 0.6 is 0 Å². The summed E-state index contributed by atoms with van der Waals surface area (Å²) in [7, 11) is 0. The molecule has 3 aromatic rings. The molecular formula is C28H31N3O4. The van der Waals surface area contributed by atoms with Crippen molar-refractivity contribution in [3.05, 3.63) is 71.0 Å². The Bertz CT molecular complexity index is 1210. The van der Waals surface area contributed by atoms with Crippen molar-refractivity contribution in [3.8, 4) is 17.2 Å². The number of carbonyl (C=O) groups excluding carboxylic acids is 1. The number of amides is 1. The largest absolute Gasteiger partial charge is 0.454 e. The van der Waals surface area contributed by atoms with Crippen molar-refractivity contribution >= 4 is 5.91 Å². The van der Waals surface area contributed by atoms with Crippen LogP contribution in [0.15, 0.2) is 48.5 Å². The lowest BCUT2D eigenvalue weighted by molar-refractivity contribution is 0.0486. The molecule has 1 fully saturated rings. The van der Waals surface area contributed by atoms with Gasteiger partial charge < -0.3 is 19.5 Å². The van der Waals surface area contributed by atoms with E-state index in [2.05, 4.69) is 29.6 Å². The molecule has 1 aliphatic carbocycles. The molecule has 0 spiro atoms. The highest BCUT2D eigenvalue weighted by Gasteiger charge is 2.37. The second-order valence-electron chi connectivity index (χ2n) is 9.73. The predicted molar refractivity (Wildman–Crippen MR) is 131 cm³/mol. The highest BCUT2D eigenvalue weighted by Crippen LogP contribution is 2.40. The van der Waals surface area contributed by atoms with Gasteiger partial charge in [-0.15, -0.1) is 0 Å². The van der Waals surface area contributed by atoms with Crippen LogP contribution in [0.25, 0.3) is 5.69 Å². The molecule has 2 aromatic carbocycles. The van der Waals surface area contributed by atoms with Gasteiger partial charge in [-0.2, -0.15) is 5.10 Å². The third kappa shape index (κ3) is 4.18. The predicted octanol–water partition coefficient (Wildman–Crippen LogP) is 4.35. The fraction of sp³-hybridized carbons (Fsp3) is 0.429. The quantitative estimate of drug-likeness (QED) is 0.558. The highest BCUT2D eigenvalue weighted by atomic mass is 16.7. The van der Waals surface area contributed by atoms with Crippen LogP contribution in [0.3, 0.4) is 0 Å². The minimum atomic E-state index is -0.214. The normalized spacial score (nSPS) is 18.5. The van der Waals surface area contributed by atoms with Gasteiger partial charge in [0.1, 0.15) is 0 Å². The first-order chi connectivity index (χ1) is 17.2. The fourth-order valence-corrected chi connectivity index (χ4v) is 5.63. The Morgan fingerprint density at radius 2 is 1.77 bits per heavy atom. The van der Waals surface area contributed by atoms with Gasteiger partial charge in [0.05, 0.1) is 5.69 Å². The van der Waals surface area contributed by atoms with Crippen molar-refractivity contribution in [3.63, 3.8) is 0 Å². The topological polar surface area (TPSA) is 74.6 Å². The van der Waals surface area contributed by atoms with E-state index in [9.17, 15) is 4.79 Å². The smallest absolute Gasteiger partial charge is 0.272 e. The van der Waals surface area contributed by atoms with Crippen LogP contribution in [0, 0.1) is 0 Å². The zero-order valence-corrected chi connectivity index (χ0v) is 19.9. The Morgan fingerprint density at radius 1 is 0.971 bits per heavy atom. The molecular weight excluding hydrogens is 442 g/mol. The maximum atomic E-state index is 13.6. The molecule has 0 atom stereocenters. The van der Waals surface area contributed by atoms with E-state index in [1.807, 2.05) is 28.9 Å². The van der Waals surface area contributed by atoms with Crippen molar-refractivity contribution in [1.29, 1.82) is 0 Å².